The van der Waals surface area contributed by atoms with Crippen molar-refractivity contribution < 1.29 is 15.0 Å². The first-order valence-electron chi connectivity index (χ1n) is 9.37. The van der Waals surface area contributed by atoms with E-state index in [9.17, 15) is 9.90 Å². The van der Waals surface area contributed by atoms with Crippen LogP contribution in [0.15, 0.2) is 18.2 Å². The molecule has 1 atom stereocenters. The smallest absolute Gasteiger partial charge is 0.252 e. The summed E-state index contributed by atoms with van der Waals surface area (Å²) in [5.74, 6) is 0.693. The van der Waals surface area contributed by atoms with Crippen LogP contribution in [0.4, 0.5) is 0 Å². The van der Waals surface area contributed by atoms with Crippen LogP contribution in [0.2, 0.25) is 5.02 Å². The molecule has 0 aromatic heterocycles. The van der Waals surface area contributed by atoms with E-state index < -0.39 is 6.10 Å². The molecular weight excluding hydrogens is 350 g/mol. The van der Waals surface area contributed by atoms with Gasteiger partial charge in [0.15, 0.2) is 0 Å². The van der Waals surface area contributed by atoms with E-state index in [1.165, 1.54) is 44.9 Å². The number of carbonyl (C=O) groups excluding carboxylic acids is 1. The topological polar surface area (TPSA) is 69.6 Å². The maximum atomic E-state index is 12.7. The molecule has 0 saturated heterocycles. The van der Waals surface area contributed by atoms with E-state index >= 15 is 0 Å². The highest BCUT2D eigenvalue weighted by Gasteiger charge is 2.39. The largest absolute Gasteiger partial charge is 0.394 e. The van der Waals surface area contributed by atoms with Crippen LogP contribution in [0.5, 0.6) is 0 Å². The molecule has 1 unspecified atom stereocenters. The van der Waals surface area contributed by atoms with Crippen molar-refractivity contribution in [1.82, 2.24) is 5.32 Å². The van der Waals surface area contributed by atoms with Gasteiger partial charge in [-0.05, 0) is 48.3 Å². The average Bonchev–Trinajstić information content (AvgIpc) is 2.61. The number of halogens is 1. The number of amides is 1. The summed E-state index contributed by atoms with van der Waals surface area (Å²) in [7, 11) is 0. The van der Waals surface area contributed by atoms with E-state index in [1.54, 1.807) is 18.2 Å². The number of aliphatic hydroxyl groups excluding tert-OH is 2. The summed E-state index contributed by atoms with van der Waals surface area (Å²) in [6.45, 7) is 0.427. The van der Waals surface area contributed by atoms with E-state index in [-0.39, 0.29) is 25.4 Å². The second kappa shape index (κ2) is 9.20. The fraction of sp³-hybridized carbons (Fsp3) is 0.667. The molecule has 1 amide bonds. The Bertz CT molecular complexity index is 609. The molecule has 4 nitrogen and oxygen atoms in total. The minimum Gasteiger partial charge on any atom is -0.394 e. The Morgan fingerprint density at radius 2 is 2.00 bits per heavy atom. The number of nitrogens with one attached hydrogen (secondary N) is 1. The fourth-order valence-electron chi connectivity index (χ4n) is 4.64. The summed E-state index contributed by atoms with van der Waals surface area (Å²) in [6.07, 6.45) is 8.38. The third-order valence-electron chi connectivity index (χ3n) is 5.94. The average molecular weight is 382 g/mol. The Morgan fingerprint density at radius 3 is 2.65 bits per heavy atom. The van der Waals surface area contributed by atoms with Gasteiger partial charge in [-0.2, -0.15) is 0 Å². The lowest BCUT2D eigenvalue weighted by Gasteiger charge is -2.45. The second-order valence-corrected chi connectivity index (χ2v) is 8.30. The molecule has 3 N–H and O–H groups in total. The second-order valence-electron chi connectivity index (χ2n) is 7.89. The summed E-state index contributed by atoms with van der Waals surface area (Å²) < 4.78 is 0. The summed E-state index contributed by atoms with van der Waals surface area (Å²) in [4.78, 5) is 12.7. The van der Waals surface area contributed by atoms with Crippen molar-refractivity contribution in [2.24, 2.45) is 11.3 Å². The quantitative estimate of drug-likeness (QED) is 0.698. The number of carbonyl (C=O) groups is 1. The number of fused-ring (bicyclic) bond motifs is 2. The molecule has 5 heteroatoms. The SMILES string of the molecule is C.O=C(NCC12CCCC(CCC1)C2)c1cc(CC(O)CO)ccc1Cl. The maximum Gasteiger partial charge on any atom is 0.252 e. The molecule has 26 heavy (non-hydrogen) atoms. The van der Waals surface area contributed by atoms with Gasteiger partial charge in [-0.15, -0.1) is 0 Å². The third-order valence-corrected chi connectivity index (χ3v) is 6.27. The van der Waals surface area contributed by atoms with Crippen LogP contribution in [0.3, 0.4) is 0 Å². The van der Waals surface area contributed by atoms with Gasteiger partial charge in [0.05, 0.1) is 23.3 Å². The summed E-state index contributed by atoms with van der Waals surface area (Å²) in [6, 6.07) is 5.19. The first-order valence-corrected chi connectivity index (χ1v) is 9.75. The summed E-state index contributed by atoms with van der Waals surface area (Å²) in [5.41, 5.74) is 1.52. The first kappa shape index (κ1) is 21.2. The minimum absolute atomic E-state index is 0. The first-order chi connectivity index (χ1) is 12.0. The van der Waals surface area contributed by atoms with Crippen molar-refractivity contribution >= 4 is 17.5 Å². The zero-order valence-electron chi connectivity index (χ0n) is 14.6. The molecule has 2 aliphatic rings. The predicted octanol–water partition coefficient (Wildman–Crippen LogP) is 3.96. The molecule has 1 aromatic carbocycles. The lowest BCUT2D eigenvalue weighted by atomic mass is 9.62. The van der Waals surface area contributed by atoms with Crippen molar-refractivity contribution in [3.05, 3.63) is 34.3 Å². The third kappa shape index (κ3) is 4.99. The Balaban J connectivity index is 0.00000243. The van der Waals surface area contributed by atoms with Gasteiger partial charge in [0.25, 0.3) is 5.91 Å². The molecule has 3 rings (SSSR count). The molecule has 0 heterocycles. The van der Waals surface area contributed by atoms with Crippen molar-refractivity contribution in [3.8, 4) is 0 Å². The molecule has 0 spiro atoms. The number of hydrogen-bond acceptors (Lipinski definition) is 3. The lowest BCUT2D eigenvalue weighted by Crippen LogP contribution is -2.43. The van der Waals surface area contributed by atoms with E-state index in [1.807, 2.05) is 0 Å². The number of hydrogen-bond donors (Lipinski definition) is 3. The van der Waals surface area contributed by atoms with Crippen molar-refractivity contribution in [2.45, 2.75) is 64.9 Å². The zero-order chi connectivity index (χ0) is 17.9. The van der Waals surface area contributed by atoms with Gasteiger partial charge >= 0.3 is 0 Å². The highest BCUT2D eigenvalue weighted by Crippen LogP contribution is 2.48. The Hall–Kier alpha value is -1.10. The molecule has 1 aromatic rings. The van der Waals surface area contributed by atoms with Gasteiger partial charge in [0.1, 0.15) is 0 Å². The highest BCUT2D eigenvalue weighted by atomic mass is 35.5. The van der Waals surface area contributed by atoms with Crippen LogP contribution in [0.25, 0.3) is 0 Å². The molecule has 2 fully saturated rings. The summed E-state index contributed by atoms with van der Waals surface area (Å²) in [5, 5.41) is 22.1. The van der Waals surface area contributed by atoms with Gasteiger partial charge in [-0.3, -0.25) is 4.79 Å². The van der Waals surface area contributed by atoms with Crippen molar-refractivity contribution in [3.63, 3.8) is 0 Å². The number of rotatable bonds is 6. The van der Waals surface area contributed by atoms with Crippen LogP contribution in [-0.4, -0.2) is 35.4 Å². The molecule has 2 aliphatic carbocycles. The monoisotopic (exact) mass is 381 g/mol. The highest BCUT2D eigenvalue weighted by molar-refractivity contribution is 6.33. The number of benzene rings is 1. The summed E-state index contributed by atoms with van der Waals surface area (Å²) >= 11 is 6.21. The van der Waals surface area contributed by atoms with Gasteiger partial charge in [-0.1, -0.05) is 50.8 Å². The van der Waals surface area contributed by atoms with Crippen molar-refractivity contribution in [1.29, 1.82) is 0 Å². The van der Waals surface area contributed by atoms with Gasteiger partial charge in [-0.25, -0.2) is 0 Å². The fourth-order valence-corrected chi connectivity index (χ4v) is 4.85. The molecule has 2 saturated carbocycles. The molecule has 146 valence electrons. The maximum absolute atomic E-state index is 12.7. The predicted molar refractivity (Wildman–Crippen MR) is 106 cm³/mol. The normalized spacial score (nSPS) is 25.9. The van der Waals surface area contributed by atoms with Crippen LogP contribution < -0.4 is 5.32 Å². The van der Waals surface area contributed by atoms with E-state index in [0.717, 1.165) is 18.0 Å². The molecule has 0 radical (unpaired) electrons. The van der Waals surface area contributed by atoms with Crippen LogP contribution in [-0.2, 0) is 6.42 Å². The lowest BCUT2D eigenvalue weighted by molar-refractivity contribution is 0.0681. The zero-order valence-corrected chi connectivity index (χ0v) is 15.4. The number of aliphatic hydroxyl groups is 2. The van der Waals surface area contributed by atoms with E-state index in [4.69, 9.17) is 16.7 Å². The Morgan fingerprint density at radius 1 is 1.31 bits per heavy atom. The Kier molecular flexibility index (Phi) is 7.51. The van der Waals surface area contributed by atoms with Crippen molar-refractivity contribution in [2.75, 3.05) is 13.2 Å². The molecule has 0 aliphatic heterocycles. The standard InChI is InChI=1S/C20H28ClNO3.CH4/c21-18-6-5-15(9-16(24)12-23)10-17(18)19(25)22-13-20-7-1-3-14(11-20)4-2-8-20;/h5-6,10,14,16,23-24H,1-4,7-9,11-13H2,(H,22,25);1H4. The van der Waals surface area contributed by atoms with E-state index in [0.29, 0.717) is 17.0 Å². The van der Waals surface area contributed by atoms with Gasteiger partial charge < -0.3 is 15.5 Å². The van der Waals surface area contributed by atoms with E-state index in [2.05, 4.69) is 5.32 Å². The van der Waals surface area contributed by atoms with Gasteiger partial charge in [0, 0.05) is 13.0 Å². The van der Waals surface area contributed by atoms with Crippen LogP contribution in [0, 0.1) is 11.3 Å². The van der Waals surface area contributed by atoms with Crippen LogP contribution >= 0.6 is 11.6 Å². The molecule has 2 bridgehead atoms. The Labute approximate surface area is 162 Å². The van der Waals surface area contributed by atoms with Gasteiger partial charge in [0.2, 0.25) is 0 Å². The van der Waals surface area contributed by atoms with Crippen LogP contribution in [0.1, 0.15) is 68.3 Å². The minimum atomic E-state index is -0.822. The molecular formula is C21H32ClNO3.